The number of rotatable bonds is 18. The molecule has 4 aliphatic heterocycles. The van der Waals surface area contributed by atoms with Gasteiger partial charge in [0.1, 0.15) is 18.2 Å². The molecule has 1 spiro atoms. The molecule has 0 radical (unpaired) electrons. The van der Waals surface area contributed by atoms with Crippen LogP contribution in [0.3, 0.4) is 0 Å². The first-order valence-electron chi connectivity index (χ1n) is 18.2. The van der Waals surface area contributed by atoms with Crippen molar-refractivity contribution < 1.29 is 38.5 Å². The van der Waals surface area contributed by atoms with Gasteiger partial charge in [0.2, 0.25) is 17.7 Å². The molecule has 5 rings (SSSR count). The number of nitrogens with zero attached hydrogens (tertiary/aromatic N) is 3. The summed E-state index contributed by atoms with van der Waals surface area (Å²) in [4.78, 5) is 61.8. The Morgan fingerprint density at radius 3 is 2.57 bits per heavy atom. The van der Waals surface area contributed by atoms with Gasteiger partial charge in [-0.05, 0) is 24.3 Å². The van der Waals surface area contributed by atoms with Crippen LogP contribution < -0.4 is 5.32 Å². The molecular weight excluding hydrogens is 720 g/mol. The fourth-order valence-corrected chi connectivity index (χ4v) is 9.11. The second kappa shape index (κ2) is 17.6. The first kappa shape index (κ1) is 39.1. The fourth-order valence-electron chi connectivity index (χ4n) is 8.17. The predicted molar refractivity (Wildman–Crippen MR) is 195 cm³/mol. The Bertz CT molecular complexity index is 1410. The molecule has 1 unspecified atom stereocenters. The van der Waals surface area contributed by atoms with Crippen molar-refractivity contribution in [2.24, 2.45) is 17.8 Å². The molecule has 2 bridgehead atoms. The Morgan fingerprint density at radius 2 is 1.92 bits per heavy atom. The molecule has 4 saturated heterocycles. The first-order chi connectivity index (χ1) is 24.6. The molecular formula is C38H53BrN4O8. The van der Waals surface area contributed by atoms with E-state index < -0.39 is 53.5 Å². The van der Waals surface area contributed by atoms with Crippen LogP contribution >= 0.6 is 15.9 Å². The third-order valence-corrected chi connectivity index (χ3v) is 11.9. The molecule has 12 nitrogen and oxygen atoms in total. The lowest BCUT2D eigenvalue weighted by atomic mass is 9.70. The highest BCUT2D eigenvalue weighted by Crippen LogP contribution is 2.61. The first-order valence-corrected chi connectivity index (χ1v) is 19.1. The Balaban J connectivity index is 1.47. The number of ether oxygens (including phenoxy) is 3. The van der Waals surface area contributed by atoms with Gasteiger partial charge in [0, 0.05) is 44.0 Å². The summed E-state index contributed by atoms with van der Waals surface area (Å²) in [6.07, 6.45) is 4.29. The van der Waals surface area contributed by atoms with Crippen molar-refractivity contribution in [3.8, 4) is 0 Å². The number of carbonyl (C=O) groups is 4. The topological polar surface area (TPSA) is 138 Å². The minimum absolute atomic E-state index is 0.0983. The second-order valence-corrected chi connectivity index (χ2v) is 15.2. The average Bonchev–Trinajstić information content (AvgIpc) is 3.74. The van der Waals surface area contributed by atoms with Crippen molar-refractivity contribution >= 4 is 39.6 Å². The number of nitrogens with one attached hydrogen (secondary N) is 1. The van der Waals surface area contributed by atoms with E-state index in [4.69, 9.17) is 14.2 Å². The predicted octanol–water partition coefficient (Wildman–Crippen LogP) is 2.86. The maximum Gasteiger partial charge on any atom is 0.306 e. The zero-order valence-electron chi connectivity index (χ0n) is 29.8. The number of benzene rings is 1. The molecule has 280 valence electrons. The average molecular weight is 774 g/mol. The number of hydrogen-bond donors (Lipinski definition) is 2. The van der Waals surface area contributed by atoms with Gasteiger partial charge in [-0.25, -0.2) is 0 Å². The van der Waals surface area contributed by atoms with Crippen LogP contribution in [0.25, 0.3) is 0 Å². The highest BCUT2D eigenvalue weighted by Gasteiger charge is 2.77. The number of alkyl halides is 1. The standard InChI is InChI=1S/C38H53BrN4O8/c1-5-8-14-30(45)50-24-28(26-12-10-9-11-13-26)40-35(46)31-32-36(47)43(29(23-44)25(4)7-3)34(38(32)22-27(39)33(31)51-38)37(48)42(15-6-2)17-16-41-18-20-49-21-19-41/h5-6,9-13,25,27-29,31-34,44H,1-2,7-8,14-24H2,3-4H3,(H,40,46)/t25-,27?,28-,29-,31-,32+,33-,34-,38+/m0/s1. The normalized spacial score (nSPS) is 28.8. The van der Waals surface area contributed by atoms with E-state index in [1.165, 1.54) is 0 Å². The number of aliphatic hydroxyl groups is 1. The van der Waals surface area contributed by atoms with Gasteiger partial charge in [-0.2, -0.15) is 0 Å². The number of morpholine rings is 1. The van der Waals surface area contributed by atoms with Crippen LogP contribution in [-0.2, 0) is 33.4 Å². The molecule has 4 fully saturated rings. The van der Waals surface area contributed by atoms with Crippen molar-refractivity contribution in [3.05, 3.63) is 61.2 Å². The van der Waals surface area contributed by atoms with E-state index in [0.717, 1.165) is 18.7 Å². The SMILES string of the molecule is C=CCCC(=O)OC[C@H](NC(=O)[C@@H]1[C@H]2O[C@@]3(CC2Br)[C@H](C(=O)N(CC=C)CCN2CCOCC2)N([C@@H](CO)[C@@H](C)CC)C(=O)[C@@H]13)c1ccccc1. The lowest BCUT2D eigenvalue weighted by molar-refractivity contribution is -0.152. The van der Waals surface area contributed by atoms with Gasteiger partial charge in [-0.1, -0.05) is 78.7 Å². The number of aliphatic hydroxyl groups excluding tert-OH is 1. The van der Waals surface area contributed by atoms with Crippen molar-refractivity contribution in [3.63, 3.8) is 0 Å². The van der Waals surface area contributed by atoms with E-state index in [0.29, 0.717) is 45.6 Å². The van der Waals surface area contributed by atoms with Gasteiger partial charge >= 0.3 is 5.97 Å². The van der Waals surface area contributed by atoms with Gasteiger partial charge in [0.15, 0.2) is 0 Å². The highest BCUT2D eigenvalue weighted by atomic mass is 79.9. The van der Waals surface area contributed by atoms with Crippen LogP contribution in [0.1, 0.15) is 51.1 Å². The fraction of sp³-hybridized carbons (Fsp3) is 0.632. The third-order valence-electron chi connectivity index (χ3n) is 11.0. The van der Waals surface area contributed by atoms with Gasteiger partial charge in [-0.3, -0.25) is 24.1 Å². The zero-order valence-corrected chi connectivity index (χ0v) is 31.4. The van der Waals surface area contributed by atoms with Crippen LogP contribution in [0.4, 0.5) is 0 Å². The van der Waals surface area contributed by atoms with Gasteiger partial charge < -0.3 is 34.4 Å². The number of fused-ring (bicyclic) bond motifs is 1. The van der Waals surface area contributed by atoms with E-state index in [-0.39, 0.29) is 48.7 Å². The van der Waals surface area contributed by atoms with Gasteiger partial charge in [-0.15, -0.1) is 13.2 Å². The minimum Gasteiger partial charge on any atom is -0.463 e. The van der Waals surface area contributed by atoms with Crippen molar-refractivity contribution in [1.29, 1.82) is 0 Å². The van der Waals surface area contributed by atoms with Crippen molar-refractivity contribution in [1.82, 2.24) is 20.0 Å². The summed E-state index contributed by atoms with van der Waals surface area (Å²) < 4.78 is 17.8. The van der Waals surface area contributed by atoms with Crippen LogP contribution in [0.15, 0.2) is 55.6 Å². The summed E-state index contributed by atoms with van der Waals surface area (Å²) >= 11 is 3.76. The summed E-state index contributed by atoms with van der Waals surface area (Å²) in [5.74, 6) is -3.50. The quantitative estimate of drug-likeness (QED) is 0.131. The molecule has 0 saturated carbocycles. The summed E-state index contributed by atoms with van der Waals surface area (Å²) in [7, 11) is 0. The van der Waals surface area contributed by atoms with Crippen LogP contribution in [0.5, 0.6) is 0 Å². The number of hydrogen-bond acceptors (Lipinski definition) is 9. The van der Waals surface area contributed by atoms with Crippen LogP contribution in [0.2, 0.25) is 0 Å². The lowest BCUT2D eigenvalue weighted by Gasteiger charge is -2.41. The number of esters is 1. The maximum atomic E-state index is 14.9. The van der Waals surface area contributed by atoms with E-state index >= 15 is 0 Å². The number of halogens is 1. The molecule has 4 heterocycles. The summed E-state index contributed by atoms with van der Waals surface area (Å²) in [6.45, 7) is 15.2. The zero-order chi connectivity index (χ0) is 36.7. The molecule has 4 aliphatic rings. The molecule has 1 aromatic carbocycles. The molecule has 3 amide bonds. The minimum atomic E-state index is -1.30. The number of carbonyl (C=O) groups excluding carboxylic acids is 4. The number of likely N-dealkylation sites (tertiary alicyclic amines) is 1. The Morgan fingerprint density at radius 1 is 1.20 bits per heavy atom. The number of amides is 3. The highest BCUT2D eigenvalue weighted by molar-refractivity contribution is 9.09. The van der Waals surface area contributed by atoms with E-state index in [2.05, 4.69) is 39.3 Å². The Kier molecular flexibility index (Phi) is 13.5. The molecule has 51 heavy (non-hydrogen) atoms. The molecule has 0 aromatic heterocycles. The molecule has 9 atom stereocenters. The molecule has 0 aliphatic carbocycles. The maximum absolute atomic E-state index is 14.9. The van der Waals surface area contributed by atoms with Crippen molar-refractivity contribution in [2.75, 3.05) is 59.2 Å². The number of allylic oxidation sites excluding steroid dienone is 1. The van der Waals surface area contributed by atoms with Gasteiger partial charge in [0.05, 0.1) is 49.8 Å². The smallest absolute Gasteiger partial charge is 0.306 e. The second-order valence-electron chi connectivity index (χ2n) is 14.1. The van der Waals surface area contributed by atoms with E-state index in [1.807, 2.05) is 44.2 Å². The van der Waals surface area contributed by atoms with E-state index in [9.17, 15) is 24.3 Å². The summed E-state index contributed by atoms with van der Waals surface area (Å²) in [5.41, 5.74) is -0.561. The van der Waals surface area contributed by atoms with Crippen LogP contribution in [-0.4, -0.2) is 131 Å². The molecule has 2 N–H and O–H groups in total. The molecule has 1 aromatic rings. The monoisotopic (exact) mass is 772 g/mol. The Hall–Kier alpha value is -3.10. The van der Waals surface area contributed by atoms with Crippen LogP contribution in [0, 0.1) is 17.8 Å². The summed E-state index contributed by atoms with van der Waals surface area (Å²) in [6, 6.07) is 6.82. The Labute approximate surface area is 309 Å². The lowest BCUT2D eigenvalue weighted by Crippen LogP contribution is -2.60. The van der Waals surface area contributed by atoms with Crippen molar-refractivity contribution in [2.45, 2.75) is 74.2 Å². The van der Waals surface area contributed by atoms with E-state index in [1.54, 1.807) is 22.0 Å². The van der Waals surface area contributed by atoms with Gasteiger partial charge in [0.25, 0.3) is 0 Å². The largest absolute Gasteiger partial charge is 0.463 e. The molecule has 13 heteroatoms. The third kappa shape index (κ3) is 8.12. The summed E-state index contributed by atoms with van der Waals surface area (Å²) in [5, 5.41) is 13.8.